The molecule has 0 N–H and O–H groups in total. The number of hydrogen-bond donors (Lipinski definition) is 0. The number of aryl methyl sites for hydroxylation is 3. The first-order valence-electron chi connectivity index (χ1n) is 4.16. The Hall–Kier alpha value is -0.850. The van der Waals surface area contributed by atoms with E-state index in [1.54, 1.807) is 0 Å². The molecule has 1 heteroatoms. The van der Waals surface area contributed by atoms with Crippen LogP contribution in [-0.2, 0) is 6.42 Å². The molecule has 1 heterocycles. The second kappa shape index (κ2) is 3.51. The number of rotatable bonds is 2. The minimum atomic E-state index is 0. The Balaban J connectivity index is 0.00000121. The van der Waals surface area contributed by atoms with Crippen LogP contribution in [0.25, 0.3) is 0 Å². The number of hydrogen-bond acceptors (Lipinski definition) is 1. The van der Waals surface area contributed by atoms with Crippen LogP contribution in [0.5, 0.6) is 0 Å². The Bertz CT molecular complexity index is 246. The summed E-state index contributed by atoms with van der Waals surface area (Å²) in [5.74, 6) is 0. The van der Waals surface area contributed by atoms with Crippen LogP contribution in [-0.4, -0.2) is 4.98 Å². The third-order valence-corrected chi connectivity index (χ3v) is 1.85. The van der Waals surface area contributed by atoms with E-state index in [0.29, 0.717) is 0 Å². The lowest BCUT2D eigenvalue weighted by Crippen LogP contribution is -1.92. The summed E-state index contributed by atoms with van der Waals surface area (Å²) in [5.41, 5.74) is 3.84. The summed E-state index contributed by atoms with van der Waals surface area (Å²) in [4.78, 5) is 4.30. The van der Waals surface area contributed by atoms with Gasteiger partial charge in [0.05, 0.1) is 0 Å². The average molecular weight is 151 g/mol. The molecule has 1 rings (SSSR count). The van der Waals surface area contributed by atoms with Crippen molar-refractivity contribution in [2.75, 3.05) is 0 Å². The highest BCUT2D eigenvalue weighted by Crippen LogP contribution is 2.09. The van der Waals surface area contributed by atoms with Crippen molar-refractivity contribution in [3.05, 3.63) is 29.1 Å². The van der Waals surface area contributed by atoms with Gasteiger partial charge in [0.2, 0.25) is 0 Å². The lowest BCUT2D eigenvalue weighted by molar-refractivity contribution is 0.895. The maximum Gasteiger partial charge on any atom is 0.0404 e. The van der Waals surface area contributed by atoms with E-state index >= 15 is 0 Å². The summed E-state index contributed by atoms with van der Waals surface area (Å²) in [5, 5.41) is 0. The van der Waals surface area contributed by atoms with Gasteiger partial charge in [0.25, 0.3) is 0 Å². The molecular weight excluding hydrogens is 134 g/mol. The van der Waals surface area contributed by atoms with Gasteiger partial charge in [-0.15, -0.1) is 0 Å². The lowest BCUT2D eigenvalue weighted by atomic mass is 10.1. The molecule has 62 valence electrons. The monoisotopic (exact) mass is 151 g/mol. The quantitative estimate of drug-likeness (QED) is 0.633. The largest absolute Gasteiger partial charge is 0.261 e. The fraction of sp³-hybridized carbons (Fsp3) is 0.500. The highest BCUT2D eigenvalue weighted by Gasteiger charge is 1.97. The molecule has 0 bridgehead atoms. The van der Waals surface area contributed by atoms with Gasteiger partial charge in [0, 0.05) is 13.3 Å². The molecule has 1 aromatic rings. The molecule has 1 aromatic heterocycles. The zero-order valence-electron chi connectivity index (χ0n) is 7.52. The molecule has 0 radical (unpaired) electrons. The van der Waals surface area contributed by atoms with Crippen LogP contribution in [0.4, 0.5) is 0 Å². The maximum atomic E-state index is 4.30. The predicted molar refractivity (Wildman–Crippen MR) is 49.8 cm³/mol. The number of aromatic nitrogens is 1. The summed E-state index contributed by atoms with van der Waals surface area (Å²) < 4.78 is 0. The molecule has 0 aromatic carbocycles. The summed E-state index contributed by atoms with van der Waals surface area (Å²) >= 11 is 0. The Morgan fingerprint density at radius 2 is 2.18 bits per heavy atom. The smallest absolute Gasteiger partial charge is 0.0404 e. The van der Waals surface area contributed by atoms with E-state index in [0.717, 1.165) is 6.42 Å². The molecule has 0 amide bonds. The molecule has 0 atom stereocenters. The summed E-state index contributed by atoms with van der Waals surface area (Å²) in [6.45, 7) is 6.36. The molecule has 0 saturated carbocycles. The van der Waals surface area contributed by atoms with E-state index in [1.807, 2.05) is 6.20 Å². The summed E-state index contributed by atoms with van der Waals surface area (Å²) in [7, 11) is 0. The molecule has 1 nitrogen and oxygen atoms in total. The minimum absolute atomic E-state index is 0. The normalized spacial score (nSPS) is 10.1. The first-order chi connectivity index (χ1) is 5.24. The van der Waals surface area contributed by atoms with Crippen molar-refractivity contribution in [1.82, 2.24) is 4.98 Å². The van der Waals surface area contributed by atoms with E-state index in [4.69, 9.17) is 0 Å². The van der Waals surface area contributed by atoms with Crippen molar-refractivity contribution >= 4 is 0 Å². The van der Waals surface area contributed by atoms with Gasteiger partial charge in [0.15, 0.2) is 0 Å². The number of nitrogens with zero attached hydrogens (tertiary/aromatic N) is 1. The van der Waals surface area contributed by atoms with Crippen LogP contribution in [0.15, 0.2) is 12.3 Å². The Morgan fingerprint density at radius 1 is 1.45 bits per heavy atom. The van der Waals surface area contributed by atoms with Gasteiger partial charge in [-0.3, -0.25) is 4.98 Å². The van der Waals surface area contributed by atoms with Gasteiger partial charge >= 0.3 is 0 Å². The molecule has 0 aliphatic rings. The molecule has 0 spiro atoms. The zero-order valence-corrected chi connectivity index (χ0v) is 7.52. The third kappa shape index (κ3) is 2.04. The van der Waals surface area contributed by atoms with Gasteiger partial charge in [0.1, 0.15) is 0 Å². The van der Waals surface area contributed by atoms with Crippen molar-refractivity contribution in [2.45, 2.75) is 33.6 Å². The fourth-order valence-corrected chi connectivity index (χ4v) is 1.22. The standard InChI is InChI=1S/C10H15N.H2/c1-4-5-10-6-8(2)7-11-9(10)3;/h6-7H,4-5H2,1-3H3;1H. The first kappa shape index (κ1) is 8.25. The molecular formula is C10H17N. The van der Waals surface area contributed by atoms with Gasteiger partial charge < -0.3 is 0 Å². The molecule has 0 aliphatic carbocycles. The Kier molecular flexibility index (Phi) is 2.64. The molecule has 0 aliphatic heterocycles. The molecule has 11 heavy (non-hydrogen) atoms. The topological polar surface area (TPSA) is 12.9 Å². The van der Waals surface area contributed by atoms with Crippen molar-refractivity contribution in [3.63, 3.8) is 0 Å². The van der Waals surface area contributed by atoms with E-state index in [1.165, 1.54) is 23.2 Å². The summed E-state index contributed by atoms with van der Waals surface area (Å²) in [6, 6.07) is 2.23. The van der Waals surface area contributed by atoms with Crippen LogP contribution in [0.2, 0.25) is 0 Å². The first-order valence-corrected chi connectivity index (χ1v) is 4.16. The van der Waals surface area contributed by atoms with Gasteiger partial charge in [-0.1, -0.05) is 19.4 Å². The lowest BCUT2D eigenvalue weighted by Gasteiger charge is -2.03. The third-order valence-electron chi connectivity index (χ3n) is 1.85. The van der Waals surface area contributed by atoms with E-state index in [2.05, 4.69) is 31.8 Å². The fourth-order valence-electron chi connectivity index (χ4n) is 1.22. The van der Waals surface area contributed by atoms with E-state index in [-0.39, 0.29) is 1.43 Å². The second-order valence-electron chi connectivity index (χ2n) is 3.01. The van der Waals surface area contributed by atoms with E-state index < -0.39 is 0 Å². The molecule has 0 unspecified atom stereocenters. The van der Waals surface area contributed by atoms with Gasteiger partial charge in [-0.25, -0.2) is 0 Å². The van der Waals surface area contributed by atoms with Crippen LogP contribution in [0.1, 0.15) is 31.6 Å². The minimum Gasteiger partial charge on any atom is -0.261 e. The van der Waals surface area contributed by atoms with Crippen LogP contribution in [0.3, 0.4) is 0 Å². The Labute approximate surface area is 70.0 Å². The summed E-state index contributed by atoms with van der Waals surface area (Å²) in [6.07, 6.45) is 4.28. The van der Waals surface area contributed by atoms with E-state index in [9.17, 15) is 0 Å². The average Bonchev–Trinajstić information content (AvgIpc) is 1.98. The SMILES string of the molecule is CCCc1cc(C)cnc1C.[HH]. The predicted octanol–water partition coefficient (Wildman–Crippen LogP) is 2.90. The van der Waals surface area contributed by atoms with Crippen molar-refractivity contribution in [1.29, 1.82) is 0 Å². The maximum absolute atomic E-state index is 4.30. The highest BCUT2D eigenvalue weighted by molar-refractivity contribution is 5.23. The zero-order chi connectivity index (χ0) is 8.27. The van der Waals surface area contributed by atoms with Gasteiger partial charge in [-0.2, -0.15) is 0 Å². The molecule has 0 saturated heterocycles. The van der Waals surface area contributed by atoms with Crippen molar-refractivity contribution in [2.24, 2.45) is 0 Å². The van der Waals surface area contributed by atoms with Crippen molar-refractivity contribution in [3.8, 4) is 0 Å². The van der Waals surface area contributed by atoms with Gasteiger partial charge in [-0.05, 0) is 31.4 Å². The highest BCUT2D eigenvalue weighted by atomic mass is 14.7. The van der Waals surface area contributed by atoms with Crippen LogP contribution in [0, 0.1) is 13.8 Å². The second-order valence-corrected chi connectivity index (χ2v) is 3.01. The van der Waals surface area contributed by atoms with Crippen molar-refractivity contribution < 1.29 is 1.43 Å². The Morgan fingerprint density at radius 3 is 2.82 bits per heavy atom. The number of pyridine rings is 1. The molecule has 0 fully saturated rings. The van der Waals surface area contributed by atoms with Crippen LogP contribution >= 0.6 is 0 Å². The van der Waals surface area contributed by atoms with Crippen LogP contribution < -0.4 is 0 Å².